The van der Waals surface area contributed by atoms with Crippen LogP contribution in [0.3, 0.4) is 0 Å². The lowest BCUT2D eigenvalue weighted by molar-refractivity contribution is 0.832. The van der Waals surface area contributed by atoms with Crippen LogP contribution in [-0.4, -0.2) is 12.1 Å². The molecule has 2 nitrogen and oxygen atoms in total. The first kappa shape index (κ1) is 9.14. The molecule has 2 heteroatoms. The Balaban J connectivity index is 4.06. The van der Waals surface area contributed by atoms with Crippen molar-refractivity contribution in [3.8, 4) is 0 Å². The number of nitrogens with two attached hydrogens (primary N) is 2. The van der Waals surface area contributed by atoms with Gasteiger partial charge in [0.05, 0.1) is 0 Å². The van der Waals surface area contributed by atoms with Crippen molar-refractivity contribution in [2.45, 2.75) is 12.1 Å². The van der Waals surface area contributed by atoms with Gasteiger partial charge in [-0.2, -0.15) is 0 Å². The van der Waals surface area contributed by atoms with Crippen molar-refractivity contribution in [3.05, 3.63) is 37.5 Å². The summed E-state index contributed by atoms with van der Waals surface area (Å²) < 4.78 is 0. The molecule has 0 saturated heterocycles. The molecular formula is C8H14N2. The minimum Gasteiger partial charge on any atom is -0.321 e. The number of hydrogen-bond donors (Lipinski definition) is 2. The summed E-state index contributed by atoms with van der Waals surface area (Å²) in [4.78, 5) is 0. The summed E-state index contributed by atoms with van der Waals surface area (Å²) in [6.45, 7) is 10.7. The van der Waals surface area contributed by atoms with Crippen molar-refractivity contribution >= 4 is 0 Å². The van der Waals surface area contributed by atoms with Crippen LogP contribution in [0.5, 0.6) is 0 Å². The van der Waals surface area contributed by atoms with Crippen LogP contribution >= 0.6 is 0 Å². The molecule has 0 aliphatic heterocycles. The first-order valence-electron chi connectivity index (χ1n) is 3.08. The Hall–Kier alpha value is -0.860. The predicted molar refractivity (Wildman–Crippen MR) is 45.5 cm³/mol. The molecule has 0 fully saturated rings. The van der Waals surface area contributed by atoms with Crippen molar-refractivity contribution in [3.63, 3.8) is 0 Å². The fourth-order valence-corrected chi connectivity index (χ4v) is 0.525. The molecule has 10 heavy (non-hydrogen) atoms. The molecule has 0 spiro atoms. The molecule has 56 valence electrons. The van der Waals surface area contributed by atoms with Crippen LogP contribution in [-0.2, 0) is 0 Å². The Morgan fingerprint density at radius 1 is 1.10 bits per heavy atom. The van der Waals surface area contributed by atoms with Gasteiger partial charge in [-0.1, -0.05) is 18.7 Å². The zero-order chi connectivity index (χ0) is 8.15. The van der Waals surface area contributed by atoms with E-state index in [1.54, 1.807) is 12.2 Å². The molecule has 2 atom stereocenters. The largest absolute Gasteiger partial charge is 0.321 e. The number of hydrogen-bond acceptors (Lipinski definition) is 2. The molecule has 0 bridgehead atoms. The quantitative estimate of drug-likeness (QED) is 0.558. The molecule has 0 heterocycles. The first-order valence-corrected chi connectivity index (χ1v) is 3.08. The van der Waals surface area contributed by atoms with Gasteiger partial charge in [0.1, 0.15) is 0 Å². The van der Waals surface area contributed by atoms with E-state index in [0.717, 1.165) is 5.57 Å². The highest BCUT2D eigenvalue weighted by molar-refractivity contribution is 5.21. The topological polar surface area (TPSA) is 52.0 Å². The van der Waals surface area contributed by atoms with E-state index in [9.17, 15) is 0 Å². The van der Waals surface area contributed by atoms with Crippen LogP contribution in [0, 0.1) is 0 Å². The zero-order valence-corrected chi connectivity index (χ0v) is 6.09. The summed E-state index contributed by atoms with van der Waals surface area (Å²) in [6.07, 6.45) is 3.21. The fraction of sp³-hybridized carbons (Fsp3) is 0.250. The van der Waals surface area contributed by atoms with Crippen LogP contribution in [0.4, 0.5) is 0 Å². The average molecular weight is 138 g/mol. The second kappa shape index (κ2) is 4.04. The van der Waals surface area contributed by atoms with Gasteiger partial charge in [-0.3, -0.25) is 0 Å². The monoisotopic (exact) mass is 138 g/mol. The molecule has 0 aromatic carbocycles. The highest BCUT2D eigenvalue weighted by atomic mass is 14.7. The van der Waals surface area contributed by atoms with Gasteiger partial charge < -0.3 is 11.5 Å². The molecule has 0 radical (unpaired) electrons. The van der Waals surface area contributed by atoms with Gasteiger partial charge in [0, 0.05) is 12.1 Å². The van der Waals surface area contributed by atoms with Gasteiger partial charge in [-0.05, 0) is 5.57 Å². The highest BCUT2D eigenvalue weighted by Gasteiger charge is 2.07. The molecule has 0 aromatic rings. The molecular weight excluding hydrogens is 124 g/mol. The second-order valence-corrected chi connectivity index (χ2v) is 2.10. The predicted octanol–water partition coefficient (Wildman–Crippen LogP) is 0.569. The Kier molecular flexibility index (Phi) is 3.69. The minimum absolute atomic E-state index is 0.229. The summed E-state index contributed by atoms with van der Waals surface area (Å²) in [7, 11) is 0. The van der Waals surface area contributed by atoms with Crippen molar-refractivity contribution in [2.24, 2.45) is 11.5 Å². The summed E-state index contributed by atoms with van der Waals surface area (Å²) >= 11 is 0. The maximum absolute atomic E-state index is 5.55. The third-order valence-corrected chi connectivity index (χ3v) is 1.36. The maximum atomic E-state index is 5.55. The van der Waals surface area contributed by atoms with Crippen LogP contribution in [0.25, 0.3) is 0 Å². The van der Waals surface area contributed by atoms with E-state index in [2.05, 4.69) is 19.7 Å². The maximum Gasteiger partial charge on any atom is 0.0453 e. The lowest BCUT2D eigenvalue weighted by atomic mass is 10.0. The lowest BCUT2D eigenvalue weighted by Crippen LogP contribution is -2.31. The Labute approximate surface area is 61.9 Å². The van der Waals surface area contributed by atoms with Gasteiger partial charge in [0.15, 0.2) is 0 Å². The molecule has 0 saturated carbocycles. The lowest BCUT2D eigenvalue weighted by Gasteiger charge is -2.13. The van der Waals surface area contributed by atoms with Crippen LogP contribution in [0.1, 0.15) is 0 Å². The van der Waals surface area contributed by atoms with Crippen LogP contribution in [0.15, 0.2) is 37.5 Å². The molecule has 2 unspecified atom stereocenters. The van der Waals surface area contributed by atoms with Crippen molar-refractivity contribution in [1.29, 1.82) is 0 Å². The van der Waals surface area contributed by atoms with Gasteiger partial charge in [-0.25, -0.2) is 0 Å². The normalized spacial score (nSPS) is 15.4. The summed E-state index contributed by atoms with van der Waals surface area (Å²) in [5, 5.41) is 0. The van der Waals surface area contributed by atoms with E-state index >= 15 is 0 Å². The Morgan fingerprint density at radius 2 is 1.40 bits per heavy atom. The molecule has 0 aromatic heterocycles. The second-order valence-electron chi connectivity index (χ2n) is 2.10. The third-order valence-electron chi connectivity index (χ3n) is 1.36. The van der Waals surface area contributed by atoms with Gasteiger partial charge in [0.25, 0.3) is 0 Å². The third kappa shape index (κ3) is 2.17. The van der Waals surface area contributed by atoms with Crippen molar-refractivity contribution in [1.82, 2.24) is 0 Å². The summed E-state index contributed by atoms with van der Waals surface area (Å²) in [6, 6.07) is -0.457. The minimum atomic E-state index is -0.229. The Morgan fingerprint density at radius 3 is 1.60 bits per heavy atom. The van der Waals surface area contributed by atoms with Gasteiger partial charge in [0.2, 0.25) is 0 Å². The van der Waals surface area contributed by atoms with E-state index in [0.29, 0.717) is 0 Å². The highest BCUT2D eigenvalue weighted by Crippen LogP contribution is 2.02. The summed E-state index contributed by atoms with van der Waals surface area (Å²) in [5.74, 6) is 0. The smallest absolute Gasteiger partial charge is 0.0453 e. The molecule has 4 N–H and O–H groups in total. The van der Waals surface area contributed by atoms with E-state index < -0.39 is 0 Å². The Bertz CT molecular complexity index is 133. The van der Waals surface area contributed by atoms with E-state index in [1.807, 2.05) is 0 Å². The first-order chi connectivity index (χ1) is 4.63. The van der Waals surface area contributed by atoms with Crippen LogP contribution < -0.4 is 11.5 Å². The van der Waals surface area contributed by atoms with Crippen LogP contribution in [0.2, 0.25) is 0 Å². The van der Waals surface area contributed by atoms with Crippen molar-refractivity contribution < 1.29 is 0 Å². The van der Waals surface area contributed by atoms with E-state index in [4.69, 9.17) is 11.5 Å². The van der Waals surface area contributed by atoms with E-state index in [-0.39, 0.29) is 12.1 Å². The molecule has 0 aliphatic carbocycles. The van der Waals surface area contributed by atoms with E-state index in [1.165, 1.54) is 0 Å². The van der Waals surface area contributed by atoms with Gasteiger partial charge >= 0.3 is 0 Å². The standard InChI is InChI=1S/C8H14N2/c1-4-7(9)6(3)8(10)5-2/h4-5,7-8H,1-3,9-10H2. The molecule has 0 aliphatic rings. The van der Waals surface area contributed by atoms with Crippen molar-refractivity contribution in [2.75, 3.05) is 0 Å². The SMILES string of the molecule is C=CC(N)C(=C)C(N)C=C. The molecule has 0 amide bonds. The fourth-order valence-electron chi connectivity index (χ4n) is 0.525. The number of rotatable bonds is 4. The van der Waals surface area contributed by atoms with Gasteiger partial charge in [-0.15, -0.1) is 13.2 Å². The zero-order valence-electron chi connectivity index (χ0n) is 6.09. The molecule has 0 rings (SSSR count). The summed E-state index contributed by atoms with van der Waals surface area (Å²) in [5.41, 5.74) is 11.8. The average Bonchev–Trinajstić information content (AvgIpc) is 2.00.